The lowest BCUT2D eigenvalue weighted by molar-refractivity contribution is 1.06. The van der Waals surface area contributed by atoms with E-state index in [4.69, 9.17) is 5.73 Å². The van der Waals surface area contributed by atoms with Gasteiger partial charge in [0.15, 0.2) is 5.65 Å². The Labute approximate surface area is 119 Å². The van der Waals surface area contributed by atoms with Crippen molar-refractivity contribution in [3.05, 3.63) is 46.1 Å². The van der Waals surface area contributed by atoms with Crippen molar-refractivity contribution in [1.82, 2.24) is 14.5 Å². The summed E-state index contributed by atoms with van der Waals surface area (Å²) in [4.78, 5) is 8.84. The second-order valence-corrected chi connectivity index (χ2v) is 5.45. The highest BCUT2D eigenvalue weighted by Gasteiger charge is 2.14. The number of rotatable bonds is 1. The summed E-state index contributed by atoms with van der Waals surface area (Å²) in [5.41, 5.74) is 10.9. The number of aromatic nitrogens is 3. The molecule has 5 heteroatoms. The molecule has 0 aliphatic carbocycles. The van der Waals surface area contributed by atoms with Gasteiger partial charge >= 0.3 is 0 Å². The summed E-state index contributed by atoms with van der Waals surface area (Å²) in [5.74, 6) is 0.456. The molecule has 0 aliphatic heterocycles. The normalized spacial score (nSPS) is 11.1. The first-order valence-corrected chi connectivity index (χ1v) is 6.73. The minimum absolute atomic E-state index is 0.456. The van der Waals surface area contributed by atoms with E-state index in [1.165, 1.54) is 0 Å². The topological polar surface area (TPSA) is 56.7 Å². The second kappa shape index (κ2) is 4.35. The molecular weight excluding hydrogens is 304 g/mol. The first kappa shape index (κ1) is 12.2. The van der Waals surface area contributed by atoms with Crippen molar-refractivity contribution in [3.8, 4) is 5.69 Å². The van der Waals surface area contributed by atoms with Gasteiger partial charge in [-0.2, -0.15) is 0 Å². The third kappa shape index (κ3) is 1.90. The Kier molecular flexibility index (Phi) is 2.78. The zero-order valence-corrected chi connectivity index (χ0v) is 12.3. The van der Waals surface area contributed by atoms with Crippen LogP contribution in [0.1, 0.15) is 11.1 Å². The third-order valence-corrected chi connectivity index (χ3v) is 3.68. The molecule has 0 atom stereocenters. The molecule has 0 unspecified atom stereocenters. The molecule has 0 spiro atoms. The molecule has 3 aromatic rings. The van der Waals surface area contributed by atoms with Crippen LogP contribution in [-0.4, -0.2) is 14.5 Å². The number of fused-ring (bicyclic) bond motifs is 1. The van der Waals surface area contributed by atoms with E-state index in [0.29, 0.717) is 5.95 Å². The van der Waals surface area contributed by atoms with Gasteiger partial charge in [0.05, 0.1) is 5.69 Å². The molecule has 2 N–H and O–H groups in total. The highest BCUT2D eigenvalue weighted by molar-refractivity contribution is 9.10. The molecule has 0 saturated carbocycles. The fraction of sp³-hybridized carbons (Fsp3) is 0.143. The number of halogens is 1. The molecule has 0 fully saturated rings. The van der Waals surface area contributed by atoms with Gasteiger partial charge in [-0.3, -0.25) is 4.57 Å². The van der Waals surface area contributed by atoms with Crippen LogP contribution in [0.25, 0.3) is 16.9 Å². The monoisotopic (exact) mass is 316 g/mol. The number of nitrogens with two attached hydrogens (primary N) is 1. The Bertz CT molecular complexity index is 776. The Morgan fingerprint density at radius 2 is 1.95 bits per heavy atom. The van der Waals surface area contributed by atoms with E-state index >= 15 is 0 Å². The highest BCUT2D eigenvalue weighted by Crippen LogP contribution is 2.27. The molecule has 4 nitrogen and oxygen atoms in total. The van der Waals surface area contributed by atoms with E-state index in [-0.39, 0.29) is 0 Å². The average Bonchev–Trinajstić information content (AvgIpc) is 2.70. The maximum absolute atomic E-state index is 6.07. The number of pyridine rings is 1. The Balaban J connectivity index is 2.39. The summed E-state index contributed by atoms with van der Waals surface area (Å²) < 4.78 is 2.89. The number of hydrogen-bond acceptors (Lipinski definition) is 3. The zero-order valence-electron chi connectivity index (χ0n) is 10.7. The predicted octanol–water partition coefficient (Wildman–Crippen LogP) is 3.38. The van der Waals surface area contributed by atoms with Gasteiger partial charge in [-0.05, 0) is 43.2 Å². The number of imidazole rings is 1. The van der Waals surface area contributed by atoms with Crippen molar-refractivity contribution in [2.75, 3.05) is 5.73 Å². The number of anilines is 1. The van der Waals surface area contributed by atoms with Crippen molar-refractivity contribution in [1.29, 1.82) is 0 Å². The summed E-state index contributed by atoms with van der Waals surface area (Å²) in [6.45, 7) is 4.05. The largest absolute Gasteiger partial charge is 0.369 e. The van der Waals surface area contributed by atoms with Crippen LogP contribution in [-0.2, 0) is 0 Å². The van der Waals surface area contributed by atoms with Crippen LogP contribution in [0.15, 0.2) is 34.9 Å². The Morgan fingerprint density at radius 1 is 1.16 bits per heavy atom. The number of aryl methyl sites for hydroxylation is 2. The van der Waals surface area contributed by atoms with E-state index in [0.717, 1.165) is 32.5 Å². The summed E-state index contributed by atoms with van der Waals surface area (Å²) in [6.07, 6.45) is 1.78. The van der Waals surface area contributed by atoms with Crippen LogP contribution in [0.3, 0.4) is 0 Å². The van der Waals surface area contributed by atoms with Crippen molar-refractivity contribution >= 4 is 33.0 Å². The van der Waals surface area contributed by atoms with Crippen LogP contribution in [0.5, 0.6) is 0 Å². The van der Waals surface area contributed by atoms with Gasteiger partial charge < -0.3 is 5.73 Å². The molecule has 0 bridgehead atoms. The SMILES string of the molecule is Cc1ccc(Br)cc1-n1c(N)nc2c(C)ccnc21. The van der Waals surface area contributed by atoms with Gasteiger partial charge in [0.1, 0.15) is 5.52 Å². The van der Waals surface area contributed by atoms with Gasteiger partial charge in [0.2, 0.25) is 5.95 Å². The molecule has 0 aliphatic rings. The van der Waals surface area contributed by atoms with Crippen molar-refractivity contribution in [2.24, 2.45) is 0 Å². The lowest BCUT2D eigenvalue weighted by Crippen LogP contribution is -2.03. The van der Waals surface area contributed by atoms with Crippen LogP contribution < -0.4 is 5.73 Å². The third-order valence-electron chi connectivity index (χ3n) is 3.19. The summed E-state index contributed by atoms with van der Waals surface area (Å²) in [5, 5.41) is 0. The summed E-state index contributed by atoms with van der Waals surface area (Å²) in [6, 6.07) is 8.01. The van der Waals surface area contributed by atoms with Crippen LogP contribution in [0.4, 0.5) is 5.95 Å². The van der Waals surface area contributed by atoms with Gasteiger partial charge in [-0.25, -0.2) is 9.97 Å². The molecule has 2 aromatic heterocycles. The van der Waals surface area contributed by atoms with Crippen molar-refractivity contribution in [2.45, 2.75) is 13.8 Å². The number of hydrogen-bond donors (Lipinski definition) is 1. The predicted molar refractivity (Wildman–Crippen MR) is 80.5 cm³/mol. The Hall–Kier alpha value is -1.88. The van der Waals surface area contributed by atoms with Gasteiger partial charge in [-0.1, -0.05) is 22.0 Å². The molecule has 96 valence electrons. The minimum atomic E-state index is 0.456. The van der Waals surface area contributed by atoms with Gasteiger partial charge in [0.25, 0.3) is 0 Å². The van der Waals surface area contributed by atoms with Crippen molar-refractivity contribution in [3.63, 3.8) is 0 Å². The first-order valence-electron chi connectivity index (χ1n) is 5.94. The Morgan fingerprint density at radius 3 is 2.74 bits per heavy atom. The van der Waals surface area contributed by atoms with Crippen LogP contribution >= 0.6 is 15.9 Å². The first-order chi connectivity index (χ1) is 9.08. The van der Waals surface area contributed by atoms with E-state index < -0.39 is 0 Å². The highest BCUT2D eigenvalue weighted by atomic mass is 79.9. The maximum Gasteiger partial charge on any atom is 0.207 e. The van der Waals surface area contributed by atoms with Crippen LogP contribution in [0.2, 0.25) is 0 Å². The second-order valence-electron chi connectivity index (χ2n) is 4.54. The maximum atomic E-state index is 6.07. The standard InChI is InChI=1S/C14H13BrN4/c1-8-3-4-10(15)7-11(8)19-13-12(18-14(19)16)9(2)5-6-17-13/h3-7H,1-2H3,(H2,16,18). The molecule has 0 radical (unpaired) electrons. The fourth-order valence-electron chi connectivity index (χ4n) is 2.17. The lowest BCUT2D eigenvalue weighted by Gasteiger charge is -2.09. The van der Waals surface area contributed by atoms with Crippen molar-refractivity contribution < 1.29 is 0 Å². The summed E-state index contributed by atoms with van der Waals surface area (Å²) in [7, 11) is 0. The molecular formula is C14H13BrN4. The van der Waals surface area contributed by atoms with Gasteiger partial charge in [0, 0.05) is 10.7 Å². The van der Waals surface area contributed by atoms with E-state index in [1.54, 1.807) is 6.20 Å². The van der Waals surface area contributed by atoms with E-state index in [9.17, 15) is 0 Å². The van der Waals surface area contributed by atoms with E-state index in [2.05, 4.69) is 25.9 Å². The zero-order chi connectivity index (χ0) is 13.6. The molecule has 0 amide bonds. The minimum Gasteiger partial charge on any atom is -0.369 e. The fourth-order valence-corrected chi connectivity index (χ4v) is 2.52. The molecule has 19 heavy (non-hydrogen) atoms. The van der Waals surface area contributed by atoms with Crippen LogP contribution in [0, 0.1) is 13.8 Å². The number of benzene rings is 1. The van der Waals surface area contributed by atoms with Gasteiger partial charge in [-0.15, -0.1) is 0 Å². The summed E-state index contributed by atoms with van der Waals surface area (Å²) >= 11 is 3.49. The number of nitrogens with zero attached hydrogens (tertiary/aromatic N) is 3. The molecule has 2 heterocycles. The number of nitrogen functional groups attached to an aromatic ring is 1. The molecule has 3 rings (SSSR count). The smallest absolute Gasteiger partial charge is 0.207 e. The average molecular weight is 317 g/mol. The quantitative estimate of drug-likeness (QED) is 0.748. The lowest BCUT2D eigenvalue weighted by atomic mass is 10.2. The molecule has 1 aromatic carbocycles. The molecule has 0 saturated heterocycles. The van der Waals surface area contributed by atoms with E-state index in [1.807, 2.05) is 42.7 Å².